The molecule has 4 rings (SSSR count). The highest BCUT2D eigenvalue weighted by atomic mass is 16.7. The number of amides is 1. The summed E-state index contributed by atoms with van der Waals surface area (Å²) in [5.41, 5.74) is 1.58. The first-order valence-corrected chi connectivity index (χ1v) is 8.53. The maximum atomic E-state index is 11.8. The number of nitrogens with zero attached hydrogens (tertiary/aromatic N) is 1. The normalized spacial score (nSPS) is 12.2. The molecule has 0 bridgehead atoms. The van der Waals surface area contributed by atoms with Crippen LogP contribution in [0, 0.1) is 6.92 Å². The molecule has 6 nitrogen and oxygen atoms in total. The number of likely N-dealkylation sites (N-methyl/N-ethyl adjacent to an activating group) is 1. The molecule has 1 aromatic heterocycles. The Kier molecular flexibility index (Phi) is 4.24. The molecule has 0 radical (unpaired) electrons. The molecule has 0 atom stereocenters. The third-order valence-electron chi connectivity index (χ3n) is 4.50. The van der Waals surface area contributed by atoms with Gasteiger partial charge < -0.3 is 23.5 Å². The minimum absolute atomic E-state index is 0.142. The third kappa shape index (κ3) is 3.10. The zero-order valence-electron chi connectivity index (χ0n) is 15.2. The monoisotopic (exact) mass is 365 g/mol. The van der Waals surface area contributed by atoms with E-state index < -0.39 is 0 Å². The van der Waals surface area contributed by atoms with E-state index in [0.717, 1.165) is 16.7 Å². The van der Waals surface area contributed by atoms with Gasteiger partial charge in [-0.1, -0.05) is 18.7 Å². The molecular weight excluding hydrogens is 346 g/mol. The maximum Gasteiger partial charge on any atom is 0.245 e. The largest absolute Gasteiger partial charge is 0.457 e. The number of para-hydroxylation sites is 1. The Morgan fingerprint density at radius 2 is 2.07 bits per heavy atom. The van der Waals surface area contributed by atoms with Crippen molar-refractivity contribution in [3.63, 3.8) is 0 Å². The second kappa shape index (κ2) is 6.72. The van der Waals surface area contributed by atoms with Gasteiger partial charge in [0.2, 0.25) is 12.7 Å². The van der Waals surface area contributed by atoms with E-state index in [1.807, 2.05) is 37.3 Å². The van der Waals surface area contributed by atoms with Crippen molar-refractivity contribution in [1.29, 1.82) is 0 Å². The molecule has 138 valence electrons. The van der Waals surface area contributed by atoms with E-state index in [0.29, 0.717) is 35.1 Å². The summed E-state index contributed by atoms with van der Waals surface area (Å²) in [6, 6.07) is 11.1. The lowest BCUT2D eigenvalue weighted by Gasteiger charge is -2.14. The van der Waals surface area contributed by atoms with Crippen LogP contribution in [0.2, 0.25) is 0 Å². The SMILES string of the molecule is C=CC(=O)N(C)Cc1c(C)oc2c(Oc3ccc4c(c3)OCO4)cccc12. The van der Waals surface area contributed by atoms with E-state index in [4.69, 9.17) is 18.6 Å². The van der Waals surface area contributed by atoms with Gasteiger partial charge in [-0.15, -0.1) is 0 Å². The molecule has 1 aliphatic heterocycles. The van der Waals surface area contributed by atoms with E-state index in [1.54, 1.807) is 18.0 Å². The van der Waals surface area contributed by atoms with Gasteiger partial charge in [-0.2, -0.15) is 0 Å². The highest BCUT2D eigenvalue weighted by Crippen LogP contribution is 2.39. The standard InChI is InChI=1S/C21H19NO5/c1-4-20(23)22(3)11-16-13(2)26-21-15(16)6-5-7-18(21)27-14-8-9-17-19(10-14)25-12-24-17/h4-10H,1,11-12H2,2-3H3. The fraction of sp³-hybridized carbons (Fsp3) is 0.190. The van der Waals surface area contributed by atoms with Crippen molar-refractivity contribution in [2.24, 2.45) is 0 Å². The lowest BCUT2D eigenvalue weighted by atomic mass is 10.1. The van der Waals surface area contributed by atoms with Crippen LogP contribution in [0.3, 0.4) is 0 Å². The van der Waals surface area contributed by atoms with Crippen LogP contribution in [-0.2, 0) is 11.3 Å². The molecule has 0 saturated heterocycles. The number of hydrogen-bond acceptors (Lipinski definition) is 5. The molecule has 3 aromatic rings. The second-order valence-corrected chi connectivity index (χ2v) is 6.29. The van der Waals surface area contributed by atoms with Crippen LogP contribution in [0.5, 0.6) is 23.0 Å². The van der Waals surface area contributed by atoms with Gasteiger partial charge >= 0.3 is 0 Å². The maximum absolute atomic E-state index is 11.8. The number of carbonyl (C=O) groups is 1. The smallest absolute Gasteiger partial charge is 0.245 e. The summed E-state index contributed by atoms with van der Waals surface area (Å²) in [4.78, 5) is 13.4. The lowest BCUT2D eigenvalue weighted by molar-refractivity contribution is -0.125. The molecule has 27 heavy (non-hydrogen) atoms. The molecule has 0 N–H and O–H groups in total. The molecule has 0 unspecified atom stereocenters. The highest BCUT2D eigenvalue weighted by Gasteiger charge is 2.19. The molecule has 2 aromatic carbocycles. The van der Waals surface area contributed by atoms with E-state index in [9.17, 15) is 4.79 Å². The molecule has 2 heterocycles. The van der Waals surface area contributed by atoms with E-state index in [-0.39, 0.29) is 12.7 Å². The second-order valence-electron chi connectivity index (χ2n) is 6.29. The number of benzene rings is 2. The van der Waals surface area contributed by atoms with Crippen molar-refractivity contribution in [1.82, 2.24) is 4.90 Å². The molecule has 0 fully saturated rings. The highest BCUT2D eigenvalue weighted by molar-refractivity contribution is 5.89. The van der Waals surface area contributed by atoms with E-state index >= 15 is 0 Å². The van der Waals surface area contributed by atoms with Gasteiger partial charge in [0, 0.05) is 30.6 Å². The summed E-state index contributed by atoms with van der Waals surface area (Å²) in [5, 5.41) is 0.912. The van der Waals surface area contributed by atoms with Crippen LogP contribution in [0.15, 0.2) is 53.5 Å². The number of aryl methyl sites for hydroxylation is 1. The minimum atomic E-state index is -0.142. The number of carbonyl (C=O) groups excluding carboxylic acids is 1. The Labute approximate surface area is 156 Å². The third-order valence-corrected chi connectivity index (χ3v) is 4.50. The molecule has 1 amide bonds. The van der Waals surface area contributed by atoms with Crippen LogP contribution in [-0.4, -0.2) is 24.6 Å². The number of rotatable bonds is 5. The zero-order valence-corrected chi connectivity index (χ0v) is 15.2. The minimum Gasteiger partial charge on any atom is -0.457 e. The fourth-order valence-electron chi connectivity index (χ4n) is 3.08. The summed E-state index contributed by atoms with van der Waals surface area (Å²) in [7, 11) is 1.73. The molecule has 0 aliphatic carbocycles. The van der Waals surface area contributed by atoms with Crippen molar-refractivity contribution in [3.8, 4) is 23.0 Å². The Bertz CT molecular complexity index is 1040. The first-order valence-electron chi connectivity index (χ1n) is 8.53. The Hall–Kier alpha value is -3.41. The topological polar surface area (TPSA) is 61.1 Å². The number of ether oxygens (including phenoxy) is 3. The lowest BCUT2D eigenvalue weighted by Crippen LogP contribution is -2.24. The number of furan rings is 1. The van der Waals surface area contributed by atoms with Gasteiger partial charge in [-0.05, 0) is 31.2 Å². The molecule has 1 aliphatic rings. The van der Waals surface area contributed by atoms with Gasteiger partial charge in [-0.3, -0.25) is 4.79 Å². The van der Waals surface area contributed by atoms with E-state index in [1.165, 1.54) is 6.08 Å². The van der Waals surface area contributed by atoms with Crippen molar-refractivity contribution in [2.75, 3.05) is 13.8 Å². The Morgan fingerprint density at radius 3 is 2.89 bits per heavy atom. The average molecular weight is 365 g/mol. The first-order chi connectivity index (χ1) is 13.1. The molecule has 0 spiro atoms. The van der Waals surface area contributed by atoms with Gasteiger partial charge in [0.15, 0.2) is 22.8 Å². The summed E-state index contributed by atoms with van der Waals surface area (Å²) < 4.78 is 22.7. The fourth-order valence-corrected chi connectivity index (χ4v) is 3.08. The average Bonchev–Trinajstić information content (AvgIpc) is 3.26. The van der Waals surface area contributed by atoms with Crippen molar-refractivity contribution in [2.45, 2.75) is 13.5 Å². The summed E-state index contributed by atoms with van der Waals surface area (Å²) in [6.45, 7) is 6.05. The van der Waals surface area contributed by atoms with Crippen LogP contribution >= 0.6 is 0 Å². The molecule has 6 heteroatoms. The van der Waals surface area contributed by atoms with Crippen LogP contribution in [0.4, 0.5) is 0 Å². The van der Waals surface area contributed by atoms with Crippen molar-refractivity contribution in [3.05, 3.63) is 60.4 Å². The van der Waals surface area contributed by atoms with Crippen LogP contribution in [0.1, 0.15) is 11.3 Å². The predicted molar refractivity (Wildman–Crippen MR) is 100 cm³/mol. The van der Waals surface area contributed by atoms with Gasteiger partial charge in [0.05, 0.1) is 0 Å². The summed E-state index contributed by atoms with van der Waals surface area (Å²) >= 11 is 0. The Balaban J connectivity index is 1.67. The number of hydrogen-bond donors (Lipinski definition) is 0. The molecule has 0 saturated carbocycles. The summed E-state index contributed by atoms with van der Waals surface area (Å²) in [5.74, 6) is 3.18. The predicted octanol–water partition coefficient (Wildman–Crippen LogP) is 4.41. The summed E-state index contributed by atoms with van der Waals surface area (Å²) in [6.07, 6.45) is 1.30. The first kappa shape index (κ1) is 17.0. The quantitative estimate of drug-likeness (QED) is 0.627. The van der Waals surface area contributed by atoms with Crippen molar-refractivity contribution < 1.29 is 23.4 Å². The van der Waals surface area contributed by atoms with Gasteiger partial charge in [0.25, 0.3) is 0 Å². The van der Waals surface area contributed by atoms with Crippen molar-refractivity contribution >= 4 is 16.9 Å². The van der Waals surface area contributed by atoms with Crippen LogP contribution < -0.4 is 14.2 Å². The number of fused-ring (bicyclic) bond motifs is 2. The van der Waals surface area contributed by atoms with Gasteiger partial charge in [-0.25, -0.2) is 0 Å². The van der Waals surface area contributed by atoms with Gasteiger partial charge in [0.1, 0.15) is 11.5 Å². The zero-order chi connectivity index (χ0) is 19.0. The van der Waals surface area contributed by atoms with E-state index in [2.05, 4.69) is 6.58 Å². The molecular formula is C21H19NO5. The van der Waals surface area contributed by atoms with Crippen LogP contribution in [0.25, 0.3) is 11.0 Å². The Morgan fingerprint density at radius 1 is 1.26 bits per heavy atom.